The molecule has 2 nitrogen and oxygen atoms in total. The Morgan fingerprint density at radius 1 is 1.20 bits per heavy atom. The first kappa shape index (κ1) is 15.6. The molecule has 20 heavy (non-hydrogen) atoms. The van der Waals surface area contributed by atoms with Crippen LogP contribution >= 0.6 is 15.9 Å². The number of rotatable bonds is 4. The van der Waals surface area contributed by atoms with Crippen LogP contribution in [0.3, 0.4) is 0 Å². The van der Waals surface area contributed by atoms with Crippen LogP contribution in [-0.4, -0.2) is 23.1 Å². The number of pyridine rings is 1. The van der Waals surface area contributed by atoms with Gasteiger partial charge in [-0.15, -0.1) is 0 Å². The van der Waals surface area contributed by atoms with Crippen molar-refractivity contribution in [3.05, 3.63) is 24.0 Å². The van der Waals surface area contributed by atoms with E-state index in [0.717, 1.165) is 11.0 Å². The summed E-state index contributed by atoms with van der Waals surface area (Å²) >= 11 is 3.27. The van der Waals surface area contributed by atoms with Crippen molar-refractivity contribution in [3.63, 3.8) is 0 Å². The minimum atomic E-state index is -4.05. The summed E-state index contributed by atoms with van der Waals surface area (Å²) in [5, 5.41) is 0.746. The monoisotopic (exact) mass is 351 g/mol. The molecule has 0 aliphatic heterocycles. The summed E-state index contributed by atoms with van der Waals surface area (Å²) in [5.74, 6) is -0.309. The molecule has 1 aromatic heterocycles. The minimum absolute atomic E-state index is 0.138. The predicted octanol–water partition coefficient (Wildman–Crippen LogP) is 4.69. The Morgan fingerprint density at radius 3 is 2.40 bits per heavy atom. The fraction of sp³-hybridized carbons (Fsp3) is 0.643. The standard InChI is InChI=1S/C14H17BrF3NO/c15-7-8-20-12-5-6-13(19-9-12)10-1-3-11(4-2-10)14(16,17)18/h5-6,9-11H,1-4,7-8H2. The van der Waals surface area contributed by atoms with Crippen molar-refractivity contribution in [3.8, 4) is 5.75 Å². The molecule has 0 amide bonds. The van der Waals surface area contributed by atoms with E-state index < -0.39 is 12.1 Å². The Kier molecular flexibility index (Phi) is 5.29. The van der Waals surface area contributed by atoms with E-state index in [1.807, 2.05) is 12.1 Å². The van der Waals surface area contributed by atoms with Gasteiger partial charge in [-0.05, 0) is 37.8 Å². The van der Waals surface area contributed by atoms with E-state index in [0.29, 0.717) is 25.2 Å². The van der Waals surface area contributed by atoms with Gasteiger partial charge in [-0.2, -0.15) is 13.2 Å². The number of ether oxygens (including phenoxy) is 1. The highest BCUT2D eigenvalue weighted by Crippen LogP contribution is 2.42. The van der Waals surface area contributed by atoms with Gasteiger partial charge >= 0.3 is 6.18 Å². The summed E-state index contributed by atoms with van der Waals surface area (Å²) in [5.41, 5.74) is 0.872. The Balaban J connectivity index is 1.90. The van der Waals surface area contributed by atoms with Crippen LogP contribution in [0.4, 0.5) is 13.2 Å². The normalized spacial score (nSPS) is 23.6. The Bertz CT molecular complexity index is 413. The van der Waals surface area contributed by atoms with Crippen LogP contribution in [0.1, 0.15) is 37.3 Å². The van der Waals surface area contributed by atoms with Crippen LogP contribution in [-0.2, 0) is 0 Å². The fourth-order valence-corrected chi connectivity index (χ4v) is 2.75. The third-order valence-electron chi connectivity index (χ3n) is 3.71. The average Bonchev–Trinajstić information content (AvgIpc) is 2.45. The first-order chi connectivity index (χ1) is 9.50. The SMILES string of the molecule is FC(F)(F)C1CCC(c2ccc(OCCBr)cn2)CC1. The van der Waals surface area contributed by atoms with Gasteiger partial charge < -0.3 is 4.74 Å². The van der Waals surface area contributed by atoms with E-state index >= 15 is 0 Å². The Hall–Kier alpha value is -0.780. The summed E-state index contributed by atoms with van der Waals surface area (Å²) in [6.45, 7) is 0.567. The van der Waals surface area contributed by atoms with Crippen molar-refractivity contribution in [1.82, 2.24) is 4.98 Å². The molecule has 1 saturated carbocycles. The molecule has 0 bridgehead atoms. The number of hydrogen-bond donors (Lipinski definition) is 0. The largest absolute Gasteiger partial charge is 0.491 e. The molecule has 0 aromatic carbocycles. The second-order valence-corrected chi connectivity index (χ2v) is 5.84. The zero-order valence-corrected chi connectivity index (χ0v) is 12.6. The highest BCUT2D eigenvalue weighted by atomic mass is 79.9. The molecular formula is C14H17BrF3NO. The molecule has 1 heterocycles. The summed E-state index contributed by atoms with van der Waals surface area (Å²) in [4.78, 5) is 4.32. The summed E-state index contributed by atoms with van der Waals surface area (Å²) in [6, 6.07) is 3.70. The average molecular weight is 352 g/mol. The van der Waals surface area contributed by atoms with E-state index in [2.05, 4.69) is 20.9 Å². The lowest BCUT2D eigenvalue weighted by atomic mass is 9.80. The van der Waals surface area contributed by atoms with Gasteiger partial charge in [0.1, 0.15) is 5.75 Å². The minimum Gasteiger partial charge on any atom is -0.491 e. The highest BCUT2D eigenvalue weighted by Gasteiger charge is 2.41. The van der Waals surface area contributed by atoms with E-state index in [1.54, 1.807) is 6.20 Å². The maximum atomic E-state index is 12.6. The molecule has 0 N–H and O–H groups in total. The third-order valence-corrected chi connectivity index (χ3v) is 4.04. The second kappa shape index (κ2) is 6.78. The smallest absolute Gasteiger partial charge is 0.391 e. The van der Waals surface area contributed by atoms with Crippen molar-refractivity contribution < 1.29 is 17.9 Å². The van der Waals surface area contributed by atoms with E-state index in [4.69, 9.17) is 4.74 Å². The summed E-state index contributed by atoms with van der Waals surface area (Å²) < 4.78 is 43.2. The molecule has 0 spiro atoms. The van der Waals surface area contributed by atoms with Gasteiger partial charge in [-0.25, -0.2) is 0 Å². The van der Waals surface area contributed by atoms with Crippen LogP contribution < -0.4 is 4.74 Å². The predicted molar refractivity (Wildman–Crippen MR) is 74.3 cm³/mol. The summed E-state index contributed by atoms with van der Waals surface area (Å²) in [7, 11) is 0. The first-order valence-electron chi connectivity index (χ1n) is 6.72. The van der Waals surface area contributed by atoms with Crippen molar-refractivity contribution in [1.29, 1.82) is 0 Å². The van der Waals surface area contributed by atoms with Gasteiger partial charge in [-0.1, -0.05) is 15.9 Å². The topological polar surface area (TPSA) is 22.1 Å². The third kappa shape index (κ3) is 4.11. The van der Waals surface area contributed by atoms with Gasteiger partial charge in [0, 0.05) is 16.9 Å². The van der Waals surface area contributed by atoms with Gasteiger partial charge in [0.25, 0.3) is 0 Å². The summed E-state index contributed by atoms with van der Waals surface area (Å²) in [6.07, 6.45) is -0.882. The Labute approximate surface area is 124 Å². The molecule has 0 unspecified atom stereocenters. The number of nitrogens with zero attached hydrogens (tertiary/aromatic N) is 1. The second-order valence-electron chi connectivity index (χ2n) is 5.05. The zero-order chi connectivity index (χ0) is 14.6. The molecular weight excluding hydrogens is 335 g/mol. The Morgan fingerprint density at radius 2 is 1.90 bits per heavy atom. The van der Waals surface area contributed by atoms with E-state index in [9.17, 15) is 13.2 Å². The lowest BCUT2D eigenvalue weighted by Crippen LogP contribution is -2.27. The van der Waals surface area contributed by atoms with Gasteiger partial charge in [-0.3, -0.25) is 4.98 Å². The molecule has 1 aromatic rings. The van der Waals surface area contributed by atoms with Gasteiger partial charge in [0.15, 0.2) is 0 Å². The van der Waals surface area contributed by atoms with Crippen molar-refractivity contribution in [2.24, 2.45) is 5.92 Å². The molecule has 1 aliphatic rings. The number of hydrogen-bond acceptors (Lipinski definition) is 2. The highest BCUT2D eigenvalue weighted by molar-refractivity contribution is 9.09. The number of alkyl halides is 4. The molecule has 112 valence electrons. The fourth-order valence-electron chi connectivity index (χ4n) is 2.59. The quantitative estimate of drug-likeness (QED) is 0.734. The van der Waals surface area contributed by atoms with Crippen molar-refractivity contribution in [2.45, 2.75) is 37.8 Å². The number of halogens is 4. The lowest BCUT2D eigenvalue weighted by Gasteiger charge is -2.29. The van der Waals surface area contributed by atoms with Gasteiger partial charge in [0.2, 0.25) is 0 Å². The molecule has 0 atom stereocenters. The van der Waals surface area contributed by atoms with Crippen molar-refractivity contribution >= 4 is 15.9 Å². The van der Waals surface area contributed by atoms with Crippen LogP contribution in [0.5, 0.6) is 5.75 Å². The van der Waals surface area contributed by atoms with Gasteiger partial charge in [0.05, 0.1) is 18.7 Å². The zero-order valence-electron chi connectivity index (χ0n) is 11.0. The molecule has 2 rings (SSSR count). The van der Waals surface area contributed by atoms with Crippen LogP contribution in [0.25, 0.3) is 0 Å². The molecule has 6 heteroatoms. The van der Waals surface area contributed by atoms with Crippen LogP contribution in [0.15, 0.2) is 18.3 Å². The molecule has 1 fully saturated rings. The van der Waals surface area contributed by atoms with E-state index in [1.165, 1.54) is 0 Å². The van der Waals surface area contributed by atoms with E-state index in [-0.39, 0.29) is 18.8 Å². The molecule has 0 saturated heterocycles. The molecule has 0 radical (unpaired) electrons. The maximum absolute atomic E-state index is 12.6. The van der Waals surface area contributed by atoms with Crippen LogP contribution in [0, 0.1) is 5.92 Å². The maximum Gasteiger partial charge on any atom is 0.391 e. The number of aromatic nitrogens is 1. The molecule has 1 aliphatic carbocycles. The van der Waals surface area contributed by atoms with Crippen molar-refractivity contribution in [2.75, 3.05) is 11.9 Å². The van der Waals surface area contributed by atoms with Crippen LogP contribution in [0.2, 0.25) is 0 Å². The first-order valence-corrected chi connectivity index (χ1v) is 7.84. The lowest BCUT2D eigenvalue weighted by molar-refractivity contribution is -0.182.